The number of benzene rings is 2. The van der Waals surface area contributed by atoms with E-state index in [4.69, 9.17) is 4.42 Å². The van der Waals surface area contributed by atoms with E-state index in [9.17, 15) is 14.7 Å². The van der Waals surface area contributed by atoms with E-state index in [0.717, 1.165) is 10.0 Å². The van der Waals surface area contributed by atoms with Gasteiger partial charge in [-0.05, 0) is 35.9 Å². The Kier molecular flexibility index (Phi) is 5.00. The summed E-state index contributed by atoms with van der Waals surface area (Å²) in [5.74, 6) is -1.64. The van der Waals surface area contributed by atoms with Gasteiger partial charge in [-0.3, -0.25) is 4.79 Å². The van der Waals surface area contributed by atoms with Gasteiger partial charge in [0.2, 0.25) is 0 Å². The summed E-state index contributed by atoms with van der Waals surface area (Å²) in [6.45, 7) is 0.192. The molecule has 0 atom stereocenters. The largest absolute Gasteiger partial charge is 0.545 e. The number of carbonyl (C=O) groups excluding carboxylic acids is 2. The summed E-state index contributed by atoms with van der Waals surface area (Å²) in [6.07, 6.45) is 1.40. The van der Waals surface area contributed by atoms with Gasteiger partial charge < -0.3 is 19.2 Å². The van der Waals surface area contributed by atoms with Gasteiger partial charge in [0.25, 0.3) is 5.91 Å². The Balaban J connectivity index is 2.04. The van der Waals surface area contributed by atoms with Crippen molar-refractivity contribution in [2.24, 2.45) is 0 Å². The van der Waals surface area contributed by atoms with Gasteiger partial charge >= 0.3 is 0 Å². The normalized spacial score (nSPS) is 10.4. The average Bonchev–Trinajstić information content (AvgIpc) is 3.15. The van der Waals surface area contributed by atoms with E-state index in [1.165, 1.54) is 17.2 Å². The Morgan fingerprint density at radius 3 is 2.36 bits per heavy atom. The first-order chi connectivity index (χ1) is 12.1. The number of hydrogen-bond acceptors (Lipinski definition) is 4. The molecule has 0 unspecified atom stereocenters. The fourth-order valence-electron chi connectivity index (χ4n) is 2.45. The molecule has 0 N–H and O–H groups in total. The Bertz CT molecular complexity index is 888. The highest BCUT2D eigenvalue weighted by atomic mass is 79.9. The number of aromatic carboxylic acids is 1. The molecular weight excluding hydrogens is 386 g/mol. The second kappa shape index (κ2) is 7.36. The number of hydrogen-bond donors (Lipinski definition) is 0. The summed E-state index contributed by atoms with van der Waals surface area (Å²) in [5.41, 5.74) is 1.04. The summed E-state index contributed by atoms with van der Waals surface area (Å²) in [5, 5.41) is 11.5. The predicted molar refractivity (Wildman–Crippen MR) is 94.1 cm³/mol. The number of halogens is 1. The molecule has 0 aliphatic carbocycles. The summed E-state index contributed by atoms with van der Waals surface area (Å²) in [6, 6.07) is 16.8. The summed E-state index contributed by atoms with van der Waals surface area (Å²) < 4.78 is 6.11. The van der Waals surface area contributed by atoms with Crippen LogP contribution in [0.3, 0.4) is 0 Å². The molecular formula is C19H13BrNO4-. The lowest BCUT2D eigenvalue weighted by Gasteiger charge is -2.25. The van der Waals surface area contributed by atoms with Gasteiger partial charge in [0.05, 0.1) is 24.5 Å². The van der Waals surface area contributed by atoms with Crippen LogP contribution in [0.2, 0.25) is 0 Å². The second-order valence-electron chi connectivity index (χ2n) is 5.30. The molecule has 2 aromatic carbocycles. The van der Waals surface area contributed by atoms with E-state index in [2.05, 4.69) is 15.9 Å². The van der Waals surface area contributed by atoms with Crippen molar-refractivity contribution >= 4 is 33.5 Å². The van der Waals surface area contributed by atoms with Crippen LogP contribution in [0.5, 0.6) is 0 Å². The Morgan fingerprint density at radius 1 is 1.00 bits per heavy atom. The van der Waals surface area contributed by atoms with Crippen LogP contribution >= 0.6 is 15.9 Å². The van der Waals surface area contributed by atoms with Gasteiger partial charge in [-0.1, -0.05) is 46.3 Å². The van der Waals surface area contributed by atoms with Crippen molar-refractivity contribution in [1.29, 1.82) is 0 Å². The standard InChI is InChI=1S/C19H14BrNO4/c20-14-9-7-13(8-10-14)12-21(18(22)17-6-3-11-25-17)16-5-2-1-4-15(16)19(23)24/h1-11H,12H2,(H,23,24)/p-1. The van der Waals surface area contributed by atoms with E-state index in [0.29, 0.717) is 0 Å². The van der Waals surface area contributed by atoms with Crippen LogP contribution in [0, 0.1) is 0 Å². The number of nitrogens with zero attached hydrogens (tertiary/aromatic N) is 1. The van der Waals surface area contributed by atoms with Crippen molar-refractivity contribution < 1.29 is 19.1 Å². The quantitative estimate of drug-likeness (QED) is 0.660. The third kappa shape index (κ3) is 3.80. The van der Waals surface area contributed by atoms with Crippen molar-refractivity contribution in [1.82, 2.24) is 0 Å². The van der Waals surface area contributed by atoms with Crippen molar-refractivity contribution in [2.45, 2.75) is 6.54 Å². The monoisotopic (exact) mass is 398 g/mol. The van der Waals surface area contributed by atoms with Crippen molar-refractivity contribution in [3.05, 3.63) is 88.3 Å². The molecule has 3 rings (SSSR count). The van der Waals surface area contributed by atoms with Crippen LogP contribution in [0.4, 0.5) is 5.69 Å². The van der Waals surface area contributed by atoms with Gasteiger partial charge in [0.15, 0.2) is 5.76 Å². The molecule has 1 amide bonds. The summed E-state index contributed by atoms with van der Waals surface area (Å²) in [7, 11) is 0. The zero-order valence-electron chi connectivity index (χ0n) is 13.0. The lowest BCUT2D eigenvalue weighted by Crippen LogP contribution is -2.33. The van der Waals surface area contributed by atoms with Gasteiger partial charge in [0, 0.05) is 10.0 Å². The van der Waals surface area contributed by atoms with Crippen molar-refractivity contribution in [3.8, 4) is 0 Å². The molecule has 0 bridgehead atoms. The first-order valence-electron chi connectivity index (χ1n) is 7.46. The average molecular weight is 399 g/mol. The molecule has 0 fully saturated rings. The third-order valence-electron chi connectivity index (χ3n) is 3.65. The Morgan fingerprint density at radius 2 is 1.72 bits per heavy atom. The maximum Gasteiger partial charge on any atom is 0.294 e. The number of para-hydroxylation sites is 1. The van der Waals surface area contributed by atoms with Gasteiger partial charge in [0.1, 0.15) is 0 Å². The van der Waals surface area contributed by atoms with Gasteiger partial charge in [-0.25, -0.2) is 0 Å². The minimum absolute atomic E-state index is 0.0560. The van der Waals surface area contributed by atoms with Crippen LogP contribution in [-0.2, 0) is 6.54 Å². The third-order valence-corrected chi connectivity index (χ3v) is 4.17. The first kappa shape index (κ1) is 17.0. The Hall–Kier alpha value is -2.86. The fourth-order valence-corrected chi connectivity index (χ4v) is 2.72. The van der Waals surface area contributed by atoms with Crippen LogP contribution in [-0.4, -0.2) is 11.9 Å². The van der Waals surface area contributed by atoms with Crippen LogP contribution in [0.15, 0.2) is 75.8 Å². The molecule has 0 spiro atoms. The molecule has 126 valence electrons. The topological polar surface area (TPSA) is 73.6 Å². The molecule has 6 heteroatoms. The number of amides is 1. The van der Waals surface area contributed by atoms with Gasteiger partial charge in [-0.2, -0.15) is 0 Å². The fraction of sp³-hybridized carbons (Fsp3) is 0.0526. The molecule has 0 aliphatic rings. The maximum atomic E-state index is 12.9. The molecule has 1 heterocycles. The smallest absolute Gasteiger partial charge is 0.294 e. The Labute approximate surface area is 152 Å². The summed E-state index contributed by atoms with van der Waals surface area (Å²) >= 11 is 3.37. The van der Waals surface area contributed by atoms with E-state index < -0.39 is 11.9 Å². The minimum atomic E-state index is -1.34. The first-order valence-corrected chi connectivity index (χ1v) is 8.26. The van der Waals surface area contributed by atoms with Crippen LogP contribution in [0.1, 0.15) is 26.5 Å². The van der Waals surface area contributed by atoms with E-state index in [1.807, 2.05) is 24.3 Å². The highest BCUT2D eigenvalue weighted by Crippen LogP contribution is 2.25. The number of rotatable bonds is 5. The zero-order valence-corrected chi connectivity index (χ0v) is 14.6. The number of furan rings is 1. The lowest BCUT2D eigenvalue weighted by molar-refractivity contribution is -0.254. The minimum Gasteiger partial charge on any atom is -0.545 e. The molecule has 0 saturated carbocycles. The number of anilines is 1. The van der Waals surface area contributed by atoms with E-state index in [1.54, 1.807) is 30.3 Å². The SMILES string of the molecule is O=C([O-])c1ccccc1N(Cc1ccc(Br)cc1)C(=O)c1ccco1. The molecule has 0 radical (unpaired) electrons. The van der Waals surface area contributed by atoms with Gasteiger partial charge in [-0.15, -0.1) is 0 Å². The summed E-state index contributed by atoms with van der Waals surface area (Å²) in [4.78, 5) is 25.7. The highest BCUT2D eigenvalue weighted by molar-refractivity contribution is 9.10. The van der Waals surface area contributed by atoms with E-state index >= 15 is 0 Å². The predicted octanol–water partition coefficient (Wildman–Crippen LogP) is 3.25. The zero-order chi connectivity index (χ0) is 17.8. The molecule has 1 aromatic heterocycles. The van der Waals surface area contributed by atoms with Crippen LogP contribution in [0.25, 0.3) is 0 Å². The maximum absolute atomic E-state index is 12.9. The number of carboxylic acids is 1. The molecule has 25 heavy (non-hydrogen) atoms. The van der Waals surface area contributed by atoms with Crippen LogP contribution < -0.4 is 10.0 Å². The molecule has 3 aromatic rings. The lowest BCUT2D eigenvalue weighted by atomic mass is 10.1. The molecule has 0 saturated heterocycles. The van der Waals surface area contributed by atoms with Crippen molar-refractivity contribution in [2.75, 3.05) is 4.90 Å². The number of carbonyl (C=O) groups is 2. The number of carboxylic acid groups (broad SMARTS) is 1. The highest BCUT2D eigenvalue weighted by Gasteiger charge is 2.22. The molecule has 5 nitrogen and oxygen atoms in total. The van der Waals surface area contributed by atoms with Crippen molar-refractivity contribution in [3.63, 3.8) is 0 Å². The second-order valence-corrected chi connectivity index (χ2v) is 6.22. The van der Waals surface area contributed by atoms with E-state index in [-0.39, 0.29) is 23.6 Å². The molecule has 0 aliphatic heterocycles.